The van der Waals surface area contributed by atoms with Crippen molar-refractivity contribution in [3.63, 3.8) is 0 Å². The molecule has 0 atom stereocenters. The molecule has 0 amide bonds. The van der Waals surface area contributed by atoms with E-state index < -0.39 is 34.3 Å². The maximum Gasteiger partial charge on any atom is 0.416 e. The van der Waals surface area contributed by atoms with Gasteiger partial charge in [0.05, 0.1) is 11.1 Å². The van der Waals surface area contributed by atoms with Gasteiger partial charge in [-0.3, -0.25) is 0 Å². The molecule has 0 unspecified atom stereocenters. The van der Waals surface area contributed by atoms with E-state index in [-0.39, 0.29) is 0 Å². The Bertz CT molecular complexity index is 2680. The third-order valence-electron chi connectivity index (χ3n) is 13.0. The first-order valence-corrected chi connectivity index (χ1v) is 20.7. The standard InChI is InChI=1S/C54H46F6N2/c1-31-9-17-37(18-10-31)61(39-21-13-35(14-22-39)53(55,56)57)41-25-33(3)49-43-29-46-44(30-45(43)51(5,6)47(49)27-41)50-34(4)26-42(28-48(50)52(46,7)8)62(38-19-11-32(2)12-20-38)40-23-15-36(16-24-40)54(58,59)60/h9-30H,1-8H3. The van der Waals surface area contributed by atoms with Crippen LogP contribution < -0.4 is 9.80 Å². The lowest BCUT2D eigenvalue weighted by Gasteiger charge is -2.29. The summed E-state index contributed by atoms with van der Waals surface area (Å²) in [7, 11) is 0. The summed E-state index contributed by atoms with van der Waals surface area (Å²) in [6, 6.07) is 40.1. The van der Waals surface area contributed by atoms with Gasteiger partial charge in [0.2, 0.25) is 0 Å². The van der Waals surface area contributed by atoms with E-state index in [2.05, 4.69) is 77.9 Å². The second-order valence-electron chi connectivity index (χ2n) is 18.0. The molecule has 2 aliphatic rings. The Balaban J connectivity index is 1.16. The fraction of sp³-hybridized carbons (Fsp3) is 0.222. The molecule has 314 valence electrons. The molecule has 0 saturated heterocycles. The monoisotopic (exact) mass is 836 g/mol. The fourth-order valence-corrected chi connectivity index (χ4v) is 9.71. The highest BCUT2D eigenvalue weighted by Crippen LogP contribution is 2.59. The number of fused-ring (bicyclic) bond motifs is 6. The summed E-state index contributed by atoms with van der Waals surface area (Å²) in [5, 5.41) is 0. The minimum atomic E-state index is -4.44. The highest BCUT2D eigenvalue weighted by molar-refractivity contribution is 5.94. The van der Waals surface area contributed by atoms with Crippen LogP contribution in [0, 0.1) is 27.7 Å². The second-order valence-corrected chi connectivity index (χ2v) is 18.0. The number of rotatable bonds is 6. The van der Waals surface area contributed by atoms with Crippen molar-refractivity contribution < 1.29 is 26.3 Å². The minimum absolute atomic E-state index is 0.425. The lowest BCUT2D eigenvalue weighted by Crippen LogP contribution is -2.18. The quantitative estimate of drug-likeness (QED) is 0.154. The molecule has 0 heterocycles. The lowest BCUT2D eigenvalue weighted by atomic mass is 9.79. The summed E-state index contributed by atoms with van der Waals surface area (Å²) in [5.41, 5.74) is 16.0. The molecule has 0 spiro atoms. The predicted octanol–water partition coefficient (Wildman–Crippen LogP) is 16.5. The van der Waals surface area contributed by atoms with E-state index in [9.17, 15) is 26.3 Å². The van der Waals surface area contributed by atoms with E-state index in [0.717, 1.165) is 103 Å². The largest absolute Gasteiger partial charge is 0.416 e. The van der Waals surface area contributed by atoms with Gasteiger partial charge < -0.3 is 9.80 Å². The number of nitrogens with zero attached hydrogens (tertiary/aromatic N) is 2. The summed E-state index contributed by atoms with van der Waals surface area (Å²) >= 11 is 0. The molecule has 2 aliphatic carbocycles. The molecule has 7 aromatic rings. The topological polar surface area (TPSA) is 6.48 Å². The molecule has 62 heavy (non-hydrogen) atoms. The van der Waals surface area contributed by atoms with E-state index in [4.69, 9.17) is 0 Å². The summed E-state index contributed by atoms with van der Waals surface area (Å²) in [6.07, 6.45) is -8.89. The third-order valence-corrected chi connectivity index (χ3v) is 13.0. The van der Waals surface area contributed by atoms with Crippen molar-refractivity contribution in [2.75, 3.05) is 9.80 Å². The molecule has 9 rings (SSSR count). The van der Waals surface area contributed by atoms with Crippen LogP contribution in [0.2, 0.25) is 0 Å². The van der Waals surface area contributed by atoms with E-state index in [1.165, 1.54) is 35.4 Å². The van der Waals surface area contributed by atoms with Gasteiger partial charge in [0, 0.05) is 45.0 Å². The normalized spacial score (nSPS) is 14.5. The molecule has 0 aliphatic heterocycles. The van der Waals surface area contributed by atoms with Gasteiger partial charge >= 0.3 is 12.4 Å². The first-order valence-electron chi connectivity index (χ1n) is 20.7. The summed E-state index contributed by atoms with van der Waals surface area (Å²) in [6.45, 7) is 17.2. The van der Waals surface area contributed by atoms with Crippen LogP contribution >= 0.6 is 0 Å². The summed E-state index contributed by atoms with van der Waals surface area (Å²) in [5.74, 6) is 0. The zero-order chi connectivity index (χ0) is 44.3. The Kier molecular flexibility index (Phi) is 9.36. The van der Waals surface area contributed by atoms with E-state index in [1.807, 2.05) is 72.2 Å². The van der Waals surface area contributed by atoms with Crippen LogP contribution in [0.4, 0.5) is 60.5 Å². The first kappa shape index (κ1) is 41.1. The average molecular weight is 837 g/mol. The Labute approximate surface area is 359 Å². The number of hydrogen-bond acceptors (Lipinski definition) is 2. The van der Waals surface area contributed by atoms with Crippen LogP contribution in [-0.2, 0) is 23.2 Å². The van der Waals surface area contributed by atoms with Gasteiger partial charge in [-0.05, 0) is 193 Å². The van der Waals surface area contributed by atoms with Crippen LogP contribution in [0.1, 0.15) is 83.3 Å². The second kappa shape index (κ2) is 14.1. The van der Waals surface area contributed by atoms with Gasteiger partial charge in [-0.1, -0.05) is 63.1 Å². The smallest absolute Gasteiger partial charge is 0.310 e. The number of alkyl halides is 6. The van der Waals surface area contributed by atoms with Crippen LogP contribution in [0.15, 0.2) is 133 Å². The molecule has 0 radical (unpaired) electrons. The van der Waals surface area contributed by atoms with Crippen LogP contribution in [0.25, 0.3) is 22.3 Å². The molecule has 0 bridgehead atoms. The van der Waals surface area contributed by atoms with E-state index >= 15 is 0 Å². The van der Waals surface area contributed by atoms with Gasteiger partial charge in [0.15, 0.2) is 0 Å². The minimum Gasteiger partial charge on any atom is -0.310 e. The van der Waals surface area contributed by atoms with Gasteiger partial charge in [-0.15, -0.1) is 0 Å². The van der Waals surface area contributed by atoms with E-state index in [0.29, 0.717) is 11.4 Å². The van der Waals surface area contributed by atoms with Crippen molar-refractivity contribution in [1.29, 1.82) is 0 Å². The van der Waals surface area contributed by atoms with Crippen LogP contribution in [-0.4, -0.2) is 0 Å². The van der Waals surface area contributed by atoms with Crippen LogP contribution in [0.3, 0.4) is 0 Å². The zero-order valence-electron chi connectivity index (χ0n) is 35.9. The molecule has 0 fully saturated rings. The molecule has 2 nitrogen and oxygen atoms in total. The number of hydrogen-bond donors (Lipinski definition) is 0. The van der Waals surface area contributed by atoms with Gasteiger partial charge in [-0.25, -0.2) is 0 Å². The zero-order valence-corrected chi connectivity index (χ0v) is 35.9. The summed E-state index contributed by atoms with van der Waals surface area (Å²) in [4.78, 5) is 4.05. The SMILES string of the molecule is Cc1ccc(N(c2ccc(C(F)(F)F)cc2)c2cc(C)c3c(c2)C(C)(C)c2cc4c(cc2-3)C(C)(C)c2cc(N(c3ccc(C)cc3)c3ccc(C(F)(F)F)cc3)cc(C)c2-4)cc1. The predicted molar refractivity (Wildman–Crippen MR) is 240 cm³/mol. The van der Waals surface area contributed by atoms with Crippen molar-refractivity contribution in [3.8, 4) is 22.3 Å². The molecule has 0 saturated carbocycles. The third kappa shape index (κ3) is 6.66. The molecule has 0 N–H and O–H groups in total. The van der Waals surface area contributed by atoms with Crippen molar-refractivity contribution in [1.82, 2.24) is 0 Å². The maximum absolute atomic E-state index is 13.7. The number of halogens is 6. The Morgan fingerprint density at radius 1 is 0.355 bits per heavy atom. The van der Waals surface area contributed by atoms with Crippen molar-refractivity contribution in [2.45, 2.75) is 78.6 Å². The number of anilines is 6. The Hall–Kier alpha value is -6.28. The lowest BCUT2D eigenvalue weighted by molar-refractivity contribution is -0.138. The first-order chi connectivity index (χ1) is 29.1. The van der Waals surface area contributed by atoms with Crippen LogP contribution in [0.5, 0.6) is 0 Å². The molecule has 8 heteroatoms. The highest BCUT2D eigenvalue weighted by atomic mass is 19.4. The molecular weight excluding hydrogens is 791 g/mol. The number of benzene rings is 7. The van der Waals surface area contributed by atoms with Gasteiger partial charge in [0.25, 0.3) is 0 Å². The highest BCUT2D eigenvalue weighted by Gasteiger charge is 2.43. The maximum atomic E-state index is 13.7. The molecular formula is C54H46F6N2. The fourth-order valence-electron chi connectivity index (χ4n) is 9.71. The van der Waals surface area contributed by atoms with Crippen molar-refractivity contribution in [3.05, 3.63) is 189 Å². The Morgan fingerprint density at radius 3 is 0.935 bits per heavy atom. The van der Waals surface area contributed by atoms with Crippen molar-refractivity contribution in [2.24, 2.45) is 0 Å². The number of aryl methyl sites for hydroxylation is 4. The van der Waals surface area contributed by atoms with Crippen molar-refractivity contribution >= 4 is 34.1 Å². The summed E-state index contributed by atoms with van der Waals surface area (Å²) < 4.78 is 81.9. The average Bonchev–Trinajstić information content (AvgIpc) is 3.57. The van der Waals surface area contributed by atoms with Gasteiger partial charge in [0.1, 0.15) is 0 Å². The molecule has 0 aromatic heterocycles. The molecule has 7 aromatic carbocycles. The van der Waals surface area contributed by atoms with E-state index in [1.54, 1.807) is 0 Å². The van der Waals surface area contributed by atoms with Gasteiger partial charge in [-0.2, -0.15) is 26.3 Å². The Morgan fingerprint density at radius 2 is 0.645 bits per heavy atom.